The van der Waals surface area contributed by atoms with Crippen LogP contribution in [0.1, 0.15) is 22.0 Å². The predicted octanol–water partition coefficient (Wildman–Crippen LogP) is 3.14. The molecule has 0 saturated heterocycles. The first-order valence-corrected chi connectivity index (χ1v) is 9.08. The van der Waals surface area contributed by atoms with Crippen molar-refractivity contribution in [3.63, 3.8) is 0 Å². The van der Waals surface area contributed by atoms with Gasteiger partial charge >= 0.3 is 0 Å². The first-order chi connectivity index (χ1) is 9.52. The zero-order valence-corrected chi connectivity index (χ0v) is 13.3. The molecule has 0 aliphatic carbocycles. The largest absolute Gasteiger partial charge is 0.464 e. The van der Waals surface area contributed by atoms with Crippen molar-refractivity contribution in [2.45, 2.75) is 30.7 Å². The van der Waals surface area contributed by atoms with Gasteiger partial charge in [0.2, 0.25) is 10.0 Å². The number of hydrogen-bond donors (Lipinski definition) is 0. The van der Waals surface area contributed by atoms with Crippen molar-refractivity contribution >= 4 is 33.0 Å². The molecule has 20 heavy (non-hydrogen) atoms. The number of alkyl halides is 1. The summed E-state index contributed by atoms with van der Waals surface area (Å²) < 4.78 is 32.3. The lowest BCUT2D eigenvalue weighted by Crippen LogP contribution is -2.35. The van der Waals surface area contributed by atoms with Crippen molar-refractivity contribution in [3.8, 4) is 0 Å². The van der Waals surface area contributed by atoms with Gasteiger partial charge in [0.25, 0.3) is 0 Å². The molecule has 2 aromatic rings. The fourth-order valence-corrected chi connectivity index (χ4v) is 5.04. The van der Waals surface area contributed by atoms with Crippen LogP contribution in [-0.2, 0) is 28.9 Å². The highest BCUT2D eigenvalue weighted by molar-refractivity contribution is 7.89. The molecule has 7 heteroatoms. The smallest absolute Gasteiger partial charge is 0.246 e. The van der Waals surface area contributed by atoms with Crippen molar-refractivity contribution in [2.75, 3.05) is 6.54 Å². The molecule has 0 amide bonds. The van der Waals surface area contributed by atoms with Crippen molar-refractivity contribution < 1.29 is 12.8 Å². The predicted molar refractivity (Wildman–Crippen MR) is 78.6 cm³/mol. The van der Waals surface area contributed by atoms with Gasteiger partial charge in [0, 0.05) is 24.0 Å². The number of fused-ring (bicyclic) bond motifs is 1. The number of sulfonamides is 1. The van der Waals surface area contributed by atoms with Crippen LogP contribution in [0.2, 0.25) is 0 Å². The van der Waals surface area contributed by atoms with E-state index in [4.69, 9.17) is 16.0 Å². The summed E-state index contributed by atoms with van der Waals surface area (Å²) in [4.78, 5) is 1.51. The molecule has 2 aromatic heterocycles. The van der Waals surface area contributed by atoms with E-state index in [0.29, 0.717) is 24.6 Å². The van der Waals surface area contributed by atoms with E-state index in [1.165, 1.54) is 15.2 Å². The van der Waals surface area contributed by atoms with Crippen molar-refractivity contribution in [2.24, 2.45) is 0 Å². The number of aryl methyl sites for hydroxylation is 1. The quantitative estimate of drug-likeness (QED) is 0.812. The second-order valence-electron chi connectivity index (χ2n) is 4.72. The van der Waals surface area contributed by atoms with Crippen LogP contribution in [-0.4, -0.2) is 19.3 Å². The average molecular weight is 332 g/mol. The maximum atomic E-state index is 12.7. The van der Waals surface area contributed by atoms with Gasteiger partial charge in [-0.15, -0.1) is 22.9 Å². The SMILES string of the molecule is Cc1oc(CCl)cc1S(=O)(=O)N1CCc2sccc2C1. The van der Waals surface area contributed by atoms with Crippen LogP contribution in [0, 0.1) is 6.92 Å². The summed E-state index contributed by atoms with van der Waals surface area (Å²) in [6, 6.07) is 3.52. The molecule has 1 aliphatic rings. The van der Waals surface area contributed by atoms with Gasteiger partial charge < -0.3 is 4.42 Å². The highest BCUT2D eigenvalue weighted by atomic mass is 35.5. The molecule has 0 unspecified atom stereocenters. The lowest BCUT2D eigenvalue weighted by molar-refractivity contribution is 0.392. The third-order valence-corrected chi connectivity index (χ3v) is 6.68. The summed E-state index contributed by atoms with van der Waals surface area (Å²) in [6.07, 6.45) is 0.769. The number of halogens is 1. The normalized spacial score (nSPS) is 16.3. The Morgan fingerprint density at radius 1 is 1.50 bits per heavy atom. The van der Waals surface area contributed by atoms with Gasteiger partial charge in [-0.2, -0.15) is 4.31 Å². The molecule has 0 bridgehead atoms. The first-order valence-electron chi connectivity index (χ1n) is 6.23. The molecule has 0 fully saturated rings. The molecule has 0 spiro atoms. The summed E-state index contributed by atoms with van der Waals surface area (Å²) in [5, 5.41) is 2.01. The van der Waals surface area contributed by atoms with Crippen LogP contribution >= 0.6 is 22.9 Å². The summed E-state index contributed by atoms with van der Waals surface area (Å²) in [6.45, 7) is 2.60. The van der Waals surface area contributed by atoms with Crippen LogP contribution in [0.5, 0.6) is 0 Å². The van der Waals surface area contributed by atoms with Crippen molar-refractivity contribution in [1.82, 2.24) is 4.31 Å². The Morgan fingerprint density at radius 3 is 3.00 bits per heavy atom. The fraction of sp³-hybridized carbons (Fsp3) is 0.385. The van der Waals surface area contributed by atoms with Gasteiger partial charge in [-0.25, -0.2) is 8.42 Å². The Labute approximate surface area is 127 Å². The maximum absolute atomic E-state index is 12.7. The summed E-state index contributed by atoms with van der Waals surface area (Å²) in [5.74, 6) is 1.05. The minimum Gasteiger partial charge on any atom is -0.464 e. The maximum Gasteiger partial charge on any atom is 0.246 e. The van der Waals surface area contributed by atoms with Gasteiger partial charge in [-0.3, -0.25) is 0 Å². The van der Waals surface area contributed by atoms with Crippen LogP contribution < -0.4 is 0 Å². The third kappa shape index (κ3) is 2.30. The minimum absolute atomic E-state index is 0.172. The summed E-state index contributed by atoms with van der Waals surface area (Å²) in [5.41, 5.74) is 1.10. The minimum atomic E-state index is -3.52. The van der Waals surface area contributed by atoms with Crippen LogP contribution in [0.3, 0.4) is 0 Å². The highest BCUT2D eigenvalue weighted by Gasteiger charge is 2.31. The van der Waals surface area contributed by atoms with Gasteiger partial charge in [0.15, 0.2) is 0 Å². The van der Waals surface area contributed by atoms with E-state index in [1.54, 1.807) is 18.3 Å². The van der Waals surface area contributed by atoms with Gasteiger partial charge in [0.05, 0.1) is 5.88 Å². The topological polar surface area (TPSA) is 50.5 Å². The molecule has 0 saturated carbocycles. The Bertz CT molecular complexity index is 733. The second-order valence-corrected chi connectivity index (χ2v) is 7.90. The Morgan fingerprint density at radius 2 is 2.30 bits per heavy atom. The average Bonchev–Trinajstić information content (AvgIpc) is 3.03. The molecule has 4 nitrogen and oxygen atoms in total. The number of thiophene rings is 1. The lowest BCUT2D eigenvalue weighted by atomic mass is 10.1. The lowest BCUT2D eigenvalue weighted by Gasteiger charge is -2.25. The Kier molecular flexibility index (Phi) is 3.66. The molecule has 0 N–H and O–H groups in total. The van der Waals surface area contributed by atoms with Gasteiger partial charge in [-0.1, -0.05) is 0 Å². The first kappa shape index (κ1) is 14.1. The molecule has 108 valence electrons. The number of rotatable bonds is 3. The third-order valence-electron chi connectivity index (χ3n) is 3.45. The highest BCUT2D eigenvalue weighted by Crippen LogP contribution is 2.30. The van der Waals surface area contributed by atoms with E-state index in [0.717, 1.165) is 12.0 Å². The van der Waals surface area contributed by atoms with E-state index in [1.807, 2.05) is 11.4 Å². The van der Waals surface area contributed by atoms with Crippen LogP contribution in [0.4, 0.5) is 0 Å². The van der Waals surface area contributed by atoms with E-state index in [2.05, 4.69) is 0 Å². The summed E-state index contributed by atoms with van der Waals surface area (Å²) >= 11 is 7.39. The number of hydrogen-bond acceptors (Lipinski definition) is 4. The summed E-state index contributed by atoms with van der Waals surface area (Å²) in [7, 11) is -3.52. The fourth-order valence-electron chi connectivity index (χ4n) is 2.41. The molecule has 1 aliphatic heterocycles. The Hall–Kier alpha value is -0.820. The van der Waals surface area contributed by atoms with E-state index < -0.39 is 10.0 Å². The second kappa shape index (κ2) is 5.18. The molecule has 3 heterocycles. The molecule has 3 rings (SSSR count). The van der Waals surface area contributed by atoms with Crippen molar-refractivity contribution in [1.29, 1.82) is 0 Å². The monoisotopic (exact) mass is 331 g/mol. The molecular formula is C13H14ClNO3S2. The van der Waals surface area contributed by atoms with Gasteiger partial charge in [0.1, 0.15) is 16.4 Å². The van der Waals surface area contributed by atoms with E-state index in [-0.39, 0.29) is 10.8 Å². The zero-order valence-electron chi connectivity index (χ0n) is 10.9. The zero-order chi connectivity index (χ0) is 14.3. The Balaban J connectivity index is 1.95. The molecule has 0 atom stereocenters. The van der Waals surface area contributed by atoms with Crippen molar-refractivity contribution in [3.05, 3.63) is 39.5 Å². The number of furan rings is 1. The van der Waals surface area contributed by atoms with E-state index >= 15 is 0 Å². The molecular weight excluding hydrogens is 318 g/mol. The standard InChI is InChI=1S/C13H14ClNO3S2/c1-9-13(6-11(7-14)18-9)20(16,17)15-4-2-12-10(8-15)3-5-19-12/h3,5-6H,2,4,7-8H2,1H3. The number of nitrogens with zero attached hydrogens (tertiary/aromatic N) is 1. The van der Waals surface area contributed by atoms with Crippen LogP contribution in [0.15, 0.2) is 26.8 Å². The molecule has 0 radical (unpaired) electrons. The molecule has 0 aromatic carbocycles. The van der Waals surface area contributed by atoms with Crippen LogP contribution in [0.25, 0.3) is 0 Å². The van der Waals surface area contributed by atoms with Gasteiger partial charge in [-0.05, 0) is 30.4 Å². The van der Waals surface area contributed by atoms with E-state index in [9.17, 15) is 8.42 Å².